The van der Waals surface area contributed by atoms with Gasteiger partial charge in [0, 0.05) is 40.9 Å². The number of ether oxygens (including phenoxy) is 2. The highest BCUT2D eigenvalue weighted by Gasteiger charge is 2.26. The molecule has 236 valence electrons. The summed E-state index contributed by atoms with van der Waals surface area (Å²) in [5.41, 5.74) is 7.36. The van der Waals surface area contributed by atoms with Crippen molar-refractivity contribution >= 4 is 46.3 Å². The summed E-state index contributed by atoms with van der Waals surface area (Å²) in [6.45, 7) is 13.7. The van der Waals surface area contributed by atoms with Crippen molar-refractivity contribution in [3.05, 3.63) is 51.7 Å². The van der Waals surface area contributed by atoms with Gasteiger partial charge in [-0.2, -0.15) is 0 Å². The number of benzene rings is 1. The number of aromatic nitrogens is 1. The molecule has 0 fully saturated rings. The molecule has 1 aromatic carbocycles. The maximum absolute atomic E-state index is 11.6. The van der Waals surface area contributed by atoms with Crippen molar-refractivity contribution in [3.63, 3.8) is 0 Å². The van der Waals surface area contributed by atoms with E-state index in [1.54, 1.807) is 12.1 Å². The Bertz CT molecular complexity index is 1360. The van der Waals surface area contributed by atoms with Crippen LogP contribution in [0.15, 0.2) is 40.1 Å². The minimum absolute atomic E-state index is 0.00268. The standard InChI is InChI=1S/C15H21N3O2S3.C15H21NO4/c1-15(2,3)17-6-9(19)7-21-14-18-10(8-22-14)11-4-5-12(23-11)13(16)20;1-15(2,3)16-7-11(17)9-19-12-6-4-5-10-8-20-14(18)13(10)12/h4-5,8-9,17,19H,6-7H2,1-3H3,(H2,16,20);4-6,11,16-17H,7-9H2,1-3H3. The van der Waals surface area contributed by atoms with Gasteiger partial charge in [0.15, 0.2) is 4.34 Å². The predicted octanol–water partition coefficient (Wildman–Crippen LogP) is 4.30. The lowest BCUT2D eigenvalue weighted by Crippen LogP contribution is -2.42. The number of hydrogen-bond acceptors (Lipinski definition) is 12. The zero-order chi connectivity index (χ0) is 31.8. The van der Waals surface area contributed by atoms with Crippen molar-refractivity contribution in [2.75, 3.05) is 25.4 Å². The average molecular weight is 651 g/mol. The molecule has 1 amide bonds. The number of cyclic esters (lactones) is 1. The number of fused-ring (bicyclic) bond motifs is 1. The highest BCUT2D eigenvalue weighted by Crippen LogP contribution is 2.32. The molecule has 43 heavy (non-hydrogen) atoms. The minimum Gasteiger partial charge on any atom is -0.490 e. The third-order valence-electron chi connectivity index (χ3n) is 5.83. The number of aliphatic hydroxyl groups is 2. The predicted molar refractivity (Wildman–Crippen MR) is 173 cm³/mol. The second-order valence-electron chi connectivity index (χ2n) is 12.1. The normalized spacial score (nSPS) is 14.4. The van der Waals surface area contributed by atoms with Crippen LogP contribution in [0.4, 0.5) is 0 Å². The van der Waals surface area contributed by atoms with E-state index in [-0.39, 0.29) is 23.7 Å². The van der Waals surface area contributed by atoms with E-state index < -0.39 is 18.1 Å². The lowest BCUT2D eigenvalue weighted by molar-refractivity contribution is 0.0527. The second kappa shape index (κ2) is 15.5. The summed E-state index contributed by atoms with van der Waals surface area (Å²) in [5.74, 6) is 0.283. The van der Waals surface area contributed by atoms with Crippen LogP contribution in [0.1, 0.15) is 67.1 Å². The maximum atomic E-state index is 11.6. The number of hydrogen-bond donors (Lipinski definition) is 5. The third kappa shape index (κ3) is 11.8. The molecule has 3 heterocycles. The zero-order valence-electron chi connectivity index (χ0n) is 25.4. The van der Waals surface area contributed by atoms with Crippen LogP contribution < -0.4 is 21.1 Å². The molecule has 2 aromatic heterocycles. The fourth-order valence-electron chi connectivity index (χ4n) is 3.63. The molecule has 1 aliphatic heterocycles. The molecule has 3 aromatic rings. The molecule has 10 nitrogen and oxygen atoms in total. The van der Waals surface area contributed by atoms with Gasteiger partial charge in [0.2, 0.25) is 0 Å². The zero-order valence-corrected chi connectivity index (χ0v) is 27.9. The number of carbonyl (C=O) groups excluding carboxylic acids is 2. The molecule has 6 N–H and O–H groups in total. The molecule has 0 saturated heterocycles. The number of esters is 1. The average Bonchev–Trinajstić information content (AvgIpc) is 3.68. The van der Waals surface area contributed by atoms with E-state index in [9.17, 15) is 19.8 Å². The van der Waals surface area contributed by atoms with E-state index in [1.807, 2.05) is 44.4 Å². The summed E-state index contributed by atoms with van der Waals surface area (Å²) >= 11 is 4.42. The van der Waals surface area contributed by atoms with Gasteiger partial charge in [0.05, 0.1) is 21.6 Å². The van der Waals surface area contributed by atoms with Crippen molar-refractivity contribution in [1.29, 1.82) is 0 Å². The van der Waals surface area contributed by atoms with E-state index in [2.05, 4.69) is 36.4 Å². The molecule has 0 bridgehead atoms. The van der Waals surface area contributed by atoms with Gasteiger partial charge in [0.25, 0.3) is 5.91 Å². The largest absolute Gasteiger partial charge is 0.490 e. The monoisotopic (exact) mass is 650 g/mol. The number of nitrogens with zero attached hydrogens (tertiary/aromatic N) is 1. The number of thiophene rings is 1. The van der Waals surface area contributed by atoms with Gasteiger partial charge in [-0.25, -0.2) is 9.78 Å². The fraction of sp³-hybridized carbons (Fsp3) is 0.500. The fourth-order valence-corrected chi connectivity index (χ4v) is 6.30. The first-order valence-electron chi connectivity index (χ1n) is 13.9. The third-order valence-corrected chi connectivity index (χ3v) is 9.11. The molecule has 0 spiro atoms. The van der Waals surface area contributed by atoms with Crippen molar-refractivity contribution < 1.29 is 29.3 Å². The summed E-state index contributed by atoms with van der Waals surface area (Å²) < 4.78 is 11.4. The topological polar surface area (TPSA) is 156 Å². The number of thioether (sulfide) groups is 1. The summed E-state index contributed by atoms with van der Waals surface area (Å²) in [6.07, 6.45) is -1.06. The van der Waals surface area contributed by atoms with Gasteiger partial charge in [-0.05, 0) is 59.7 Å². The van der Waals surface area contributed by atoms with Crippen LogP contribution in [0.2, 0.25) is 0 Å². The Morgan fingerprint density at radius 2 is 1.77 bits per heavy atom. The van der Waals surface area contributed by atoms with Gasteiger partial charge in [-0.1, -0.05) is 23.9 Å². The van der Waals surface area contributed by atoms with Crippen LogP contribution in [0.5, 0.6) is 5.75 Å². The Labute approximate surface area is 265 Å². The lowest BCUT2D eigenvalue weighted by Gasteiger charge is -2.23. The van der Waals surface area contributed by atoms with Gasteiger partial charge < -0.3 is 36.1 Å². The van der Waals surface area contributed by atoms with Crippen LogP contribution >= 0.6 is 34.4 Å². The molecule has 4 rings (SSSR count). The number of carbonyl (C=O) groups is 2. The van der Waals surface area contributed by atoms with Crippen molar-refractivity contribution in [3.8, 4) is 16.3 Å². The van der Waals surface area contributed by atoms with Gasteiger partial charge >= 0.3 is 5.97 Å². The number of aliphatic hydroxyl groups excluding tert-OH is 2. The molecule has 0 saturated carbocycles. The van der Waals surface area contributed by atoms with Crippen LogP contribution in [-0.4, -0.2) is 75.8 Å². The summed E-state index contributed by atoms with van der Waals surface area (Å²) in [5, 5.41) is 28.3. The van der Waals surface area contributed by atoms with E-state index in [1.165, 1.54) is 34.4 Å². The van der Waals surface area contributed by atoms with E-state index in [0.29, 0.717) is 41.6 Å². The second-order valence-corrected chi connectivity index (χ2v) is 15.3. The number of amides is 1. The lowest BCUT2D eigenvalue weighted by atomic mass is 10.1. The first-order valence-corrected chi connectivity index (χ1v) is 16.6. The number of rotatable bonds is 12. The number of nitrogens with one attached hydrogen (secondary N) is 2. The molecule has 2 unspecified atom stereocenters. The molecule has 13 heteroatoms. The Balaban J connectivity index is 0.000000238. The van der Waals surface area contributed by atoms with Gasteiger partial charge in [-0.3, -0.25) is 4.79 Å². The maximum Gasteiger partial charge on any atom is 0.342 e. The number of β-amino-alcohol motifs (C(OH)–C–C–N with tert-alkyl or cyclic N) is 2. The number of thiazole rings is 1. The highest BCUT2D eigenvalue weighted by molar-refractivity contribution is 8.01. The quantitative estimate of drug-likeness (QED) is 0.142. The Hall–Kier alpha value is -2.52. The van der Waals surface area contributed by atoms with Crippen molar-refractivity contribution in [1.82, 2.24) is 15.6 Å². The van der Waals surface area contributed by atoms with E-state index >= 15 is 0 Å². The molecule has 2 atom stereocenters. The van der Waals surface area contributed by atoms with E-state index in [0.717, 1.165) is 20.5 Å². The van der Waals surface area contributed by atoms with Crippen LogP contribution in [0, 0.1) is 0 Å². The number of nitrogens with two attached hydrogens (primary N) is 1. The molecule has 0 aliphatic carbocycles. The summed E-state index contributed by atoms with van der Waals surface area (Å²) in [7, 11) is 0. The highest BCUT2D eigenvalue weighted by atomic mass is 32.2. The van der Waals surface area contributed by atoms with Crippen LogP contribution in [0.25, 0.3) is 10.6 Å². The first-order chi connectivity index (χ1) is 20.1. The summed E-state index contributed by atoms with van der Waals surface area (Å²) in [6, 6.07) is 8.95. The smallest absolute Gasteiger partial charge is 0.342 e. The molecule has 1 aliphatic rings. The molecular formula is C30H42N4O6S3. The Kier molecular flexibility index (Phi) is 12.6. The van der Waals surface area contributed by atoms with Crippen LogP contribution in [-0.2, 0) is 11.3 Å². The molecule has 0 radical (unpaired) electrons. The van der Waals surface area contributed by atoms with Crippen LogP contribution in [0.3, 0.4) is 0 Å². The van der Waals surface area contributed by atoms with Crippen molar-refractivity contribution in [2.45, 2.75) is 75.8 Å². The number of primary amides is 1. The molecular weight excluding hydrogens is 609 g/mol. The SMILES string of the molecule is CC(C)(C)NCC(O)COc1cccc2c1C(=O)OC2.CC(C)(C)NCC(O)CSc1nc(-c2ccc(C(N)=O)s2)cs1. The Morgan fingerprint density at radius 3 is 2.40 bits per heavy atom. The van der Waals surface area contributed by atoms with Gasteiger partial charge in [-0.15, -0.1) is 22.7 Å². The minimum atomic E-state index is -0.637. The summed E-state index contributed by atoms with van der Waals surface area (Å²) in [4.78, 5) is 28.8. The first kappa shape index (κ1) is 35.0. The Morgan fingerprint density at radius 1 is 1.09 bits per heavy atom. The van der Waals surface area contributed by atoms with E-state index in [4.69, 9.17) is 15.2 Å². The van der Waals surface area contributed by atoms with Gasteiger partial charge in [0.1, 0.15) is 30.6 Å². The van der Waals surface area contributed by atoms with Crippen molar-refractivity contribution in [2.24, 2.45) is 5.73 Å².